The van der Waals surface area contributed by atoms with Crippen molar-refractivity contribution in [3.63, 3.8) is 0 Å². The monoisotopic (exact) mass is 244 g/mol. The molecule has 0 amide bonds. The minimum atomic E-state index is -1.48. The van der Waals surface area contributed by atoms with Crippen molar-refractivity contribution in [1.29, 1.82) is 0 Å². The molecule has 0 radical (unpaired) electrons. The SMILES string of the molecule is CC(O)(CO)CNc1c(F)cccc1[N+](=O)[O-]. The summed E-state index contributed by atoms with van der Waals surface area (Å²) in [4.78, 5) is 9.93. The second kappa shape index (κ2) is 5.07. The molecule has 1 atom stereocenters. The fourth-order valence-corrected chi connectivity index (χ4v) is 1.17. The highest BCUT2D eigenvalue weighted by molar-refractivity contribution is 5.62. The smallest absolute Gasteiger partial charge is 0.295 e. The number of anilines is 1. The van der Waals surface area contributed by atoms with Crippen molar-refractivity contribution in [2.45, 2.75) is 12.5 Å². The Balaban J connectivity index is 2.94. The lowest BCUT2D eigenvalue weighted by molar-refractivity contribution is -0.384. The van der Waals surface area contributed by atoms with Gasteiger partial charge in [-0.15, -0.1) is 0 Å². The molecule has 0 fully saturated rings. The minimum absolute atomic E-state index is 0.203. The summed E-state index contributed by atoms with van der Waals surface area (Å²) in [5.41, 5.74) is -2.19. The van der Waals surface area contributed by atoms with Crippen molar-refractivity contribution in [3.05, 3.63) is 34.1 Å². The molecule has 17 heavy (non-hydrogen) atoms. The number of nitrogens with zero attached hydrogens (tertiary/aromatic N) is 1. The average molecular weight is 244 g/mol. The second-order valence-electron chi connectivity index (χ2n) is 3.90. The van der Waals surface area contributed by atoms with E-state index in [1.54, 1.807) is 0 Å². The fraction of sp³-hybridized carbons (Fsp3) is 0.400. The maximum absolute atomic E-state index is 13.4. The van der Waals surface area contributed by atoms with Crippen molar-refractivity contribution < 1.29 is 19.5 Å². The van der Waals surface area contributed by atoms with Crippen LogP contribution in [0.1, 0.15) is 6.92 Å². The number of benzene rings is 1. The Hall–Kier alpha value is -1.73. The van der Waals surface area contributed by atoms with E-state index in [9.17, 15) is 19.6 Å². The number of halogens is 1. The molecule has 0 spiro atoms. The number of hydrogen-bond acceptors (Lipinski definition) is 5. The largest absolute Gasteiger partial charge is 0.393 e. The first-order valence-electron chi connectivity index (χ1n) is 4.87. The van der Waals surface area contributed by atoms with Crippen LogP contribution in [0.2, 0.25) is 0 Å². The molecule has 94 valence electrons. The van der Waals surface area contributed by atoms with Gasteiger partial charge in [0.2, 0.25) is 0 Å². The van der Waals surface area contributed by atoms with Crippen molar-refractivity contribution >= 4 is 11.4 Å². The molecule has 6 nitrogen and oxygen atoms in total. The molecule has 1 rings (SSSR count). The lowest BCUT2D eigenvalue weighted by Gasteiger charge is -2.21. The number of aliphatic hydroxyl groups excluding tert-OH is 1. The zero-order valence-electron chi connectivity index (χ0n) is 9.18. The molecule has 0 saturated heterocycles. The highest BCUT2D eigenvalue weighted by atomic mass is 19.1. The van der Waals surface area contributed by atoms with Gasteiger partial charge in [-0.3, -0.25) is 10.1 Å². The molecule has 1 unspecified atom stereocenters. The van der Waals surface area contributed by atoms with E-state index in [1.165, 1.54) is 13.0 Å². The zero-order valence-corrected chi connectivity index (χ0v) is 9.18. The van der Waals surface area contributed by atoms with Crippen molar-refractivity contribution in [2.24, 2.45) is 0 Å². The molecule has 0 heterocycles. The van der Waals surface area contributed by atoms with E-state index >= 15 is 0 Å². The van der Waals surface area contributed by atoms with Crippen LogP contribution in [-0.4, -0.2) is 33.9 Å². The summed E-state index contributed by atoms with van der Waals surface area (Å²) in [5.74, 6) is -0.784. The van der Waals surface area contributed by atoms with E-state index in [0.29, 0.717) is 0 Å². The van der Waals surface area contributed by atoms with Crippen LogP contribution in [0.15, 0.2) is 18.2 Å². The van der Waals surface area contributed by atoms with E-state index in [1.807, 2.05) is 0 Å². The Labute approximate surface area is 96.8 Å². The number of nitrogens with one attached hydrogen (secondary N) is 1. The number of para-hydroxylation sites is 1. The van der Waals surface area contributed by atoms with Gasteiger partial charge in [-0.05, 0) is 13.0 Å². The maximum atomic E-state index is 13.4. The van der Waals surface area contributed by atoms with Gasteiger partial charge in [0.1, 0.15) is 11.3 Å². The van der Waals surface area contributed by atoms with E-state index < -0.39 is 28.6 Å². The molecule has 3 N–H and O–H groups in total. The van der Waals surface area contributed by atoms with Crippen molar-refractivity contribution in [2.75, 3.05) is 18.5 Å². The van der Waals surface area contributed by atoms with Gasteiger partial charge in [0, 0.05) is 12.6 Å². The zero-order chi connectivity index (χ0) is 13.1. The van der Waals surface area contributed by atoms with Gasteiger partial charge < -0.3 is 15.5 Å². The summed E-state index contributed by atoms with van der Waals surface area (Å²) in [6.45, 7) is 0.584. The Morgan fingerprint density at radius 1 is 1.59 bits per heavy atom. The molecule has 1 aromatic carbocycles. The predicted octanol–water partition coefficient (Wildman–Crippen LogP) is 0.889. The average Bonchev–Trinajstić information content (AvgIpc) is 2.27. The summed E-state index contributed by atoms with van der Waals surface area (Å²) in [5, 5.41) is 31.4. The number of nitro benzene ring substituents is 1. The van der Waals surface area contributed by atoms with Gasteiger partial charge >= 0.3 is 0 Å². The fourth-order valence-electron chi connectivity index (χ4n) is 1.17. The number of aliphatic hydroxyl groups is 2. The van der Waals surface area contributed by atoms with Gasteiger partial charge in [0.05, 0.1) is 11.5 Å². The molecule has 0 aliphatic heterocycles. The molecule has 0 aliphatic rings. The maximum Gasteiger partial charge on any atom is 0.295 e. The van der Waals surface area contributed by atoms with E-state index in [-0.39, 0.29) is 12.2 Å². The third kappa shape index (κ3) is 3.36. The molecule has 0 bridgehead atoms. The Bertz CT molecular complexity index is 423. The summed E-state index contributed by atoms with van der Waals surface area (Å²) < 4.78 is 13.4. The highest BCUT2D eigenvalue weighted by Gasteiger charge is 2.23. The van der Waals surface area contributed by atoms with Crippen LogP contribution in [0.5, 0.6) is 0 Å². The van der Waals surface area contributed by atoms with Crippen LogP contribution in [0.3, 0.4) is 0 Å². The van der Waals surface area contributed by atoms with Crippen molar-refractivity contribution in [3.8, 4) is 0 Å². The molecule has 0 saturated carbocycles. The van der Waals surface area contributed by atoms with Gasteiger partial charge in [-0.2, -0.15) is 0 Å². The molecule has 0 aliphatic carbocycles. The third-order valence-electron chi connectivity index (χ3n) is 2.17. The topological polar surface area (TPSA) is 95.6 Å². The van der Waals surface area contributed by atoms with Crippen LogP contribution < -0.4 is 5.32 Å². The normalized spacial score (nSPS) is 14.1. The van der Waals surface area contributed by atoms with E-state index in [4.69, 9.17) is 5.11 Å². The predicted molar refractivity (Wildman–Crippen MR) is 59.3 cm³/mol. The standard InChI is InChI=1S/C10H13FN2O4/c1-10(15,6-14)5-12-9-7(11)3-2-4-8(9)13(16)17/h2-4,12,14-15H,5-6H2,1H3. The van der Waals surface area contributed by atoms with Crippen LogP contribution in [0, 0.1) is 15.9 Å². The first-order chi connectivity index (χ1) is 7.87. The molecular weight excluding hydrogens is 231 g/mol. The Morgan fingerprint density at radius 3 is 2.76 bits per heavy atom. The molecule has 1 aromatic rings. The summed E-state index contributed by atoms with van der Waals surface area (Å²) in [6.07, 6.45) is 0. The summed E-state index contributed by atoms with van der Waals surface area (Å²) in [7, 11) is 0. The first-order valence-corrected chi connectivity index (χ1v) is 4.87. The summed E-state index contributed by atoms with van der Waals surface area (Å²) >= 11 is 0. The number of nitro groups is 1. The Morgan fingerprint density at radius 2 is 2.24 bits per heavy atom. The lowest BCUT2D eigenvalue weighted by Crippen LogP contribution is -2.37. The number of rotatable bonds is 5. The van der Waals surface area contributed by atoms with Gasteiger partial charge in [0.15, 0.2) is 5.82 Å². The van der Waals surface area contributed by atoms with Crippen LogP contribution in [0.4, 0.5) is 15.8 Å². The van der Waals surface area contributed by atoms with Gasteiger partial charge in [-0.25, -0.2) is 4.39 Å². The Kier molecular flexibility index (Phi) is 3.97. The van der Waals surface area contributed by atoms with E-state index in [0.717, 1.165) is 12.1 Å². The number of hydrogen-bond donors (Lipinski definition) is 3. The van der Waals surface area contributed by atoms with Crippen LogP contribution in [0.25, 0.3) is 0 Å². The second-order valence-corrected chi connectivity index (χ2v) is 3.90. The van der Waals surface area contributed by atoms with Crippen LogP contribution in [-0.2, 0) is 0 Å². The minimum Gasteiger partial charge on any atom is -0.393 e. The molecular formula is C10H13FN2O4. The summed E-state index contributed by atoms with van der Waals surface area (Å²) in [6, 6.07) is 3.45. The quantitative estimate of drug-likeness (QED) is 0.528. The van der Waals surface area contributed by atoms with Crippen LogP contribution >= 0.6 is 0 Å². The van der Waals surface area contributed by atoms with E-state index in [2.05, 4.69) is 5.32 Å². The third-order valence-corrected chi connectivity index (χ3v) is 2.17. The lowest BCUT2D eigenvalue weighted by atomic mass is 10.1. The molecule has 0 aromatic heterocycles. The molecule has 7 heteroatoms. The first kappa shape index (κ1) is 13.3. The van der Waals surface area contributed by atoms with Crippen molar-refractivity contribution in [1.82, 2.24) is 0 Å². The van der Waals surface area contributed by atoms with Gasteiger partial charge in [-0.1, -0.05) is 6.07 Å². The highest BCUT2D eigenvalue weighted by Crippen LogP contribution is 2.27. The van der Waals surface area contributed by atoms with Gasteiger partial charge in [0.25, 0.3) is 5.69 Å².